The summed E-state index contributed by atoms with van der Waals surface area (Å²) < 4.78 is 6.26. The van der Waals surface area contributed by atoms with Gasteiger partial charge in [0.2, 0.25) is 5.91 Å². The number of carbonyl (C=O) groups is 2. The molecule has 0 aromatic heterocycles. The van der Waals surface area contributed by atoms with E-state index in [2.05, 4.69) is 27.5 Å². The third kappa shape index (κ3) is 13.9. The van der Waals surface area contributed by atoms with E-state index in [0.717, 1.165) is 71.1 Å². The molecule has 1 spiro atoms. The predicted molar refractivity (Wildman–Crippen MR) is 324 cm³/mol. The van der Waals surface area contributed by atoms with E-state index in [1.807, 2.05) is 74.5 Å². The van der Waals surface area contributed by atoms with Crippen LogP contribution in [0.25, 0.3) is 0 Å². The van der Waals surface area contributed by atoms with Crippen molar-refractivity contribution in [2.75, 3.05) is 26.3 Å². The molecule has 9 rings (SSSR count). The number of benzene rings is 3. The van der Waals surface area contributed by atoms with Crippen LogP contribution in [0.2, 0.25) is 0 Å². The molecule has 3 aromatic rings. The lowest BCUT2D eigenvalue weighted by molar-refractivity contribution is -0.168. The number of aliphatic hydroxyl groups excluding tert-OH is 3. The normalized spacial score (nSPS) is 32.3. The molecular formula is C68H88N6O10. The highest BCUT2D eigenvalue weighted by Gasteiger charge is 2.64. The Balaban J connectivity index is 1.12. The molecule has 3 fully saturated rings. The van der Waals surface area contributed by atoms with E-state index in [4.69, 9.17) is 21.9 Å². The van der Waals surface area contributed by atoms with Gasteiger partial charge in [0.05, 0.1) is 30.5 Å². The number of guanidine groups is 1. The first-order valence-corrected chi connectivity index (χ1v) is 30.2. The summed E-state index contributed by atoms with van der Waals surface area (Å²) in [5, 5.41) is 91.0. The maximum absolute atomic E-state index is 15.3. The first kappa shape index (κ1) is 62.3. The average molecular weight is 1150 g/mol. The van der Waals surface area contributed by atoms with Crippen molar-refractivity contribution in [1.29, 1.82) is 0 Å². The first-order chi connectivity index (χ1) is 40.2. The Morgan fingerprint density at radius 3 is 2.38 bits per heavy atom. The number of nitrogens with zero attached hydrogens (tertiary/aromatic N) is 1. The summed E-state index contributed by atoms with van der Waals surface area (Å²) in [5.74, 6) is 1.33. The average Bonchev–Trinajstić information content (AvgIpc) is 1.52. The second-order valence-electron chi connectivity index (χ2n) is 24.9. The Bertz CT molecular complexity index is 3130. The highest BCUT2D eigenvalue weighted by Crippen LogP contribution is 2.63. The Kier molecular flexibility index (Phi) is 20.0. The number of nitrogens with one attached hydrogen (secondary N) is 2. The molecule has 3 aromatic carbocycles. The molecule has 0 radical (unpaired) electrons. The van der Waals surface area contributed by atoms with Crippen LogP contribution in [0.5, 0.6) is 5.75 Å². The van der Waals surface area contributed by atoms with E-state index in [1.54, 1.807) is 37.3 Å². The number of rotatable bonds is 5. The van der Waals surface area contributed by atoms with Crippen LogP contribution in [0.1, 0.15) is 156 Å². The van der Waals surface area contributed by atoms with E-state index >= 15 is 4.79 Å². The van der Waals surface area contributed by atoms with Gasteiger partial charge < -0.3 is 63.0 Å². The Morgan fingerprint density at radius 2 is 1.63 bits per heavy atom. The fourth-order valence-electron chi connectivity index (χ4n) is 14.8. The summed E-state index contributed by atoms with van der Waals surface area (Å²) in [5.41, 5.74) is 24.6. The molecule has 6 aliphatic rings. The van der Waals surface area contributed by atoms with Crippen molar-refractivity contribution in [3.63, 3.8) is 0 Å². The van der Waals surface area contributed by atoms with Crippen LogP contribution in [0.3, 0.4) is 0 Å². The zero-order chi connectivity index (χ0) is 59.9. The van der Waals surface area contributed by atoms with Gasteiger partial charge in [0.1, 0.15) is 24.6 Å². The molecular weight excluding hydrogens is 1060 g/mol. The van der Waals surface area contributed by atoms with Crippen LogP contribution in [0.4, 0.5) is 0 Å². The highest BCUT2D eigenvalue weighted by atomic mass is 16.5. The number of β-amino-alcohol motifs (C(OH)–C–C–N with tert-alkyl or cyclic N) is 1. The molecule has 16 nitrogen and oxygen atoms in total. The standard InChI is InChI=1S/C68H88N6O10/c1-41-12-7-8-33-84-40-48(18-11-20-56(68(82,83)32-27-41)46-15-5-4-6-16-46)52-29-31-67(62(52)79)57-26-25-50(76)35-43-13-9-14-44(34-43)36-54(55(38-73-65(70)71)45-21-23-49(75)24-22-45)59(78)39-72-61-60-47(17-10-19-53(60)63(69)74-64(61)80)37-58(77)42(2)51(57)28-30-66(67,3)81/h9-11,13-14,17-24,27,34,50,52,54-55,57,59,61-63,72,75-76,78-79,81-83H,4-6,12,15-16,25-26,28-33,35-40,69H2,1-3H3,(H,74,80)(H4,70,71,73)/b20-11+,41-27+,48-18-,51-42?/t50-,52+,54+,55+,57+,59+,61+,62+,63+,66+,67+/m0/s1. The quantitative estimate of drug-likeness (QED) is 0.0421. The Morgan fingerprint density at radius 1 is 0.893 bits per heavy atom. The molecule has 3 aliphatic heterocycles. The minimum Gasteiger partial charge on any atom is -0.508 e. The Labute approximate surface area is 494 Å². The fourth-order valence-corrected chi connectivity index (χ4v) is 14.8. The summed E-state index contributed by atoms with van der Waals surface area (Å²) in [4.78, 5) is 33.9. The minimum absolute atomic E-state index is 0.00412. The molecule has 15 N–H and O–H groups in total. The van der Waals surface area contributed by atoms with Crippen molar-refractivity contribution >= 4 is 17.6 Å². The third-order valence-electron chi connectivity index (χ3n) is 19.4. The van der Waals surface area contributed by atoms with Crippen LogP contribution in [0, 0.1) is 35.0 Å². The molecule has 3 saturated carbocycles. The number of hydrogen-bond donors (Lipinski definition) is 12. The van der Waals surface area contributed by atoms with Gasteiger partial charge in [-0.05, 0) is 166 Å². The summed E-state index contributed by atoms with van der Waals surface area (Å²) in [7, 11) is 0. The second-order valence-corrected chi connectivity index (χ2v) is 24.9. The van der Waals surface area contributed by atoms with E-state index in [-0.39, 0.29) is 75.9 Å². The molecule has 84 heavy (non-hydrogen) atoms. The van der Waals surface area contributed by atoms with E-state index in [1.165, 1.54) is 0 Å². The summed E-state index contributed by atoms with van der Waals surface area (Å²) in [6, 6.07) is 19.0. The number of Topliss-reactive ketones (excluding diaryl/α,β-unsaturated/α-hetero) is 1. The lowest BCUT2D eigenvalue weighted by Gasteiger charge is -2.56. The van der Waals surface area contributed by atoms with Gasteiger partial charge in [0.25, 0.3) is 0 Å². The topological polar surface area (TPSA) is 299 Å². The molecule has 2 bridgehead atoms. The van der Waals surface area contributed by atoms with Crippen LogP contribution in [-0.2, 0) is 33.6 Å². The molecule has 3 heterocycles. The number of hydrogen-bond acceptors (Lipinski definition) is 13. The third-order valence-corrected chi connectivity index (χ3v) is 19.4. The number of ketones is 1. The van der Waals surface area contributed by atoms with Gasteiger partial charge in [-0.1, -0.05) is 114 Å². The minimum atomic E-state index is -2.12. The maximum Gasteiger partial charge on any atom is 0.243 e. The van der Waals surface area contributed by atoms with Crippen molar-refractivity contribution in [2.24, 2.45) is 45.4 Å². The number of carbonyl (C=O) groups excluding carboxylic acids is 2. The van der Waals surface area contributed by atoms with Crippen LogP contribution >= 0.6 is 0 Å². The van der Waals surface area contributed by atoms with Gasteiger partial charge in [-0.3, -0.25) is 19.9 Å². The SMILES string of the molecule is CC1=C2CC[C@@](C)(O)[C@]3(CC[C@H](/C4=C\C=C\C(=C5CCCCC5)C(O)(O)C/C=C(\C)CC#CCOC4)[C@H]3O)[C@@H]2CC[C@H](O)Cc2cccc(c2)C[C@H]([C@H](CN=C(N)N)c2ccc(O)cc2)[C@H](O)CN[C@H]2C(=O)N[C@@H](N)c3cccc(c32)CC1=O. The number of aromatic hydroxyl groups is 1. The number of phenolic OH excluding ortho intramolecular Hbond substituents is 1. The zero-order valence-corrected chi connectivity index (χ0v) is 49.0. The molecule has 450 valence electrons. The zero-order valence-electron chi connectivity index (χ0n) is 49.0. The van der Waals surface area contributed by atoms with Crippen LogP contribution < -0.4 is 27.8 Å². The monoisotopic (exact) mass is 1150 g/mol. The molecule has 1 amide bonds. The number of aliphatic hydroxyl groups is 6. The molecule has 11 atom stereocenters. The van der Waals surface area contributed by atoms with Gasteiger partial charge >= 0.3 is 0 Å². The largest absolute Gasteiger partial charge is 0.508 e. The van der Waals surface area contributed by atoms with Gasteiger partial charge in [-0.2, -0.15) is 0 Å². The molecule has 0 saturated heterocycles. The summed E-state index contributed by atoms with van der Waals surface area (Å²) >= 11 is 0. The molecule has 0 unspecified atom stereocenters. The number of fused-ring (bicyclic) bond motifs is 4. The smallest absolute Gasteiger partial charge is 0.243 e. The van der Waals surface area contributed by atoms with E-state index in [0.29, 0.717) is 66.4 Å². The molecule has 16 heteroatoms. The summed E-state index contributed by atoms with van der Waals surface area (Å²) in [6.07, 6.45) is 11.0. The predicted octanol–water partition coefficient (Wildman–Crippen LogP) is 6.61. The number of ether oxygens (including phenoxy) is 1. The van der Waals surface area contributed by atoms with Gasteiger partial charge in [0.15, 0.2) is 17.5 Å². The number of aliphatic imine (C=N–C) groups is 1. The van der Waals surface area contributed by atoms with E-state index < -0.39 is 76.9 Å². The second kappa shape index (κ2) is 27.0. The van der Waals surface area contributed by atoms with Gasteiger partial charge in [-0.15, -0.1) is 0 Å². The lowest BCUT2D eigenvalue weighted by Crippen LogP contribution is -2.59. The van der Waals surface area contributed by atoms with Gasteiger partial charge in [-0.25, -0.2) is 0 Å². The van der Waals surface area contributed by atoms with Gasteiger partial charge in [0, 0.05) is 55.2 Å². The Hall–Kier alpha value is -6.23. The van der Waals surface area contributed by atoms with Crippen molar-refractivity contribution in [3.8, 4) is 17.6 Å². The van der Waals surface area contributed by atoms with Crippen molar-refractivity contribution < 1.29 is 50.1 Å². The number of nitrogens with two attached hydrogens (primary N) is 3. The van der Waals surface area contributed by atoms with Crippen molar-refractivity contribution in [1.82, 2.24) is 10.6 Å². The number of phenols is 1. The maximum atomic E-state index is 15.3. The summed E-state index contributed by atoms with van der Waals surface area (Å²) in [6.45, 7) is 5.84. The van der Waals surface area contributed by atoms with Crippen molar-refractivity contribution in [2.45, 2.75) is 171 Å². The van der Waals surface area contributed by atoms with Crippen LogP contribution in [0.15, 0.2) is 129 Å². The number of allylic oxidation sites excluding steroid dienone is 6. The number of amides is 1. The fraction of sp³-hybridized carbons (Fsp3) is 0.515. The van der Waals surface area contributed by atoms with E-state index in [9.17, 15) is 40.5 Å². The molecule has 3 aliphatic carbocycles. The lowest BCUT2D eigenvalue weighted by atomic mass is 9.52. The van der Waals surface area contributed by atoms with Crippen LogP contribution in [-0.4, -0.2) is 109 Å². The highest BCUT2D eigenvalue weighted by molar-refractivity contribution is 5.98. The van der Waals surface area contributed by atoms with Crippen molar-refractivity contribution in [3.05, 3.63) is 158 Å². The first-order valence-electron chi connectivity index (χ1n) is 30.2.